The van der Waals surface area contributed by atoms with Crippen molar-refractivity contribution in [3.8, 4) is 95.5 Å². The number of nitrogens with zero attached hydrogens (tertiary/aromatic N) is 4. The van der Waals surface area contributed by atoms with E-state index >= 15 is 0 Å². The Labute approximate surface area is 586 Å². The first-order chi connectivity index (χ1) is 54.2. The fourth-order valence-corrected chi connectivity index (χ4v) is 11.0. The maximum Gasteiger partial charge on any atom is 0.268 e. The van der Waals surface area contributed by atoms with Gasteiger partial charge in [0.1, 0.15) is 5.82 Å². The van der Waals surface area contributed by atoms with Gasteiger partial charge in [0.05, 0.1) is 48.2 Å². The molecule has 0 aliphatic carbocycles. The summed E-state index contributed by atoms with van der Waals surface area (Å²) >= 11 is 0. The molecule has 0 atom stereocenters. The number of hydrogen-bond acceptors (Lipinski definition) is 2. The van der Waals surface area contributed by atoms with E-state index in [9.17, 15) is 15.1 Å². The number of pyridine rings is 1. The third-order valence-corrected chi connectivity index (χ3v) is 15.8. The first kappa shape index (κ1) is 36.9. The minimum atomic E-state index is -2.91. The summed E-state index contributed by atoms with van der Waals surface area (Å²) in [5.74, 6) is 0.271. The van der Waals surface area contributed by atoms with Crippen molar-refractivity contribution in [2.45, 2.75) is 85.4 Å². The molecule has 0 aliphatic rings. The molecule has 0 amide bonds. The monoisotopic (exact) mass is 1390 g/mol. The van der Waals surface area contributed by atoms with Gasteiger partial charge in [-0.05, 0) is 154 Å². The summed E-state index contributed by atoms with van der Waals surface area (Å²) in [6, 6.07) is 20.7. The second-order valence-electron chi connectivity index (χ2n) is 25.0. The minimum Gasteiger partial charge on any atom is -0.510 e. The molecule has 0 N–H and O–H groups in total. The molecule has 3 aromatic heterocycles. The first-order valence-electron chi connectivity index (χ1n) is 42.1. The van der Waals surface area contributed by atoms with Crippen molar-refractivity contribution in [2.24, 2.45) is 0 Å². The van der Waals surface area contributed by atoms with Crippen molar-refractivity contribution in [2.75, 3.05) is 0 Å². The molecule has 3 heterocycles. The molecule has 0 saturated heterocycles. The number of para-hydroxylation sites is 1. The van der Waals surface area contributed by atoms with Gasteiger partial charge in [-0.15, -0.1) is 29.7 Å². The van der Waals surface area contributed by atoms with Gasteiger partial charge >= 0.3 is 0 Å². The Morgan fingerprint density at radius 1 is 0.462 bits per heavy atom. The largest absolute Gasteiger partial charge is 0.510 e. The molecule has 0 saturated carbocycles. The predicted octanol–water partition coefficient (Wildman–Crippen LogP) is 21.8. The van der Waals surface area contributed by atoms with Crippen LogP contribution in [0, 0.1) is 25.3 Å². The maximum atomic E-state index is 10.6. The molecule has 14 rings (SSSR count). The first-order valence-corrected chi connectivity index (χ1v) is 29.1. The van der Waals surface area contributed by atoms with Crippen molar-refractivity contribution >= 4 is 32.8 Å². The quantitative estimate of drug-likeness (QED) is 0.0956. The van der Waals surface area contributed by atoms with Crippen LogP contribution in [0.15, 0.2) is 254 Å². The van der Waals surface area contributed by atoms with Gasteiger partial charge in [-0.2, -0.15) is 18.2 Å². The van der Waals surface area contributed by atoms with E-state index in [-0.39, 0.29) is 99.5 Å². The Morgan fingerprint density at radius 3 is 1.62 bits per heavy atom. The number of aromatic nitrogens is 4. The molecule has 0 fully saturated rings. The van der Waals surface area contributed by atoms with E-state index in [1.165, 1.54) is 16.8 Å². The number of imidazole rings is 1. The van der Waals surface area contributed by atoms with E-state index < -0.39 is 179 Å². The molecule has 0 radical (unpaired) electrons. The second kappa shape index (κ2) is 23.9. The van der Waals surface area contributed by atoms with Crippen molar-refractivity contribution in [3.63, 3.8) is 0 Å². The van der Waals surface area contributed by atoms with Gasteiger partial charge in [-0.25, -0.2) is 4.98 Å². The third-order valence-electron chi connectivity index (χ3n) is 15.8. The molecule has 0 spiro atoms. The third kappa shape index (κ3) is 11.8. The fourth-order valence-electron chi connectivity index (χ4n) is 11.0. The van der Waals surface area contributed by atoms with Crippen LogP contribution in [0.2, 0.25) is 0 Å². The minimum absolute atomic E-state index is 0. The Morgan fingerprint density at radius 2 is 1.01 bits per heavy atom. The molecule has 6 heteroatoms. The predicted molar refractivity (Wildman–Crippen MR) is 373 cm³/mol. The van der Waals surface area contributed by atoms with Crippen LogP contribution in [0.1, 0.15) is 120 Å². The number of ether oxygens (including phenoxy) is 1. The van der Waals surface area contributed by atoms with E-state index in [1.54, 1.807) is 69.8 Å². The van der Waals surface area contributed by atoms with E-state index in [4.69, 9.17) is 30.3 Å². The van der Waals surface area contributed by atoms with Gasteiger partial charge in [0.2, 0.25) is 0 Å². The number of aryl methyl sites for hydroxylation is 1. The molecular formula is C85H72N4OPt-2. The Hall–Kier alpha value is -9.67. The van der Waals surface area contributed by atoms with E-state index in [2.05, 4.69) is 78.2 Å². The average molecular weight is 1390 g/mol. The zero-order chi connectivity index (χ0) is 84.6. The molecule has 5 nitrogen and oxygen atoms in total. The zero-order valence-electron chi connectivity index (χ0n) is 77.0. The van der Waals surface area contributed by atoms with Gasteiger partial charge in [0, 0.05) is 54.0 Å². The van der Waals surface area contributed by atoms with E-state index in [0.717, 1.165) is 16.7 Å². The maximum absolute atomic E-state index is 10.6. The Bertz CT molecular complexity index is 6360. The fraction of sp³-hybridized carbons (Fsp3) is 0.153. The molecule has 450 valence electrons. The van der Waals surface area contributed by atoms with Gasteiger partial charge in [-0.1, -0.05) is 249 Å². The summed E-state index contributed by atoms with van der Waals surface area (Å²) in [5, 5.41) is 1.34. The Balaban J connectivity index is 0.0000119. The summed E-state index contributed by atoms with van der Waals surface area (Å²) in [6.07, 6.45) is 4.69. The van der Waals surface area contributed by atoms with Crippen LogP contribution >= 0.6 is 0 Å². The van der Waals surface area contributed by atoms with Gasteiger partial charge in [0.15, 0.2) is 0 Å². The summed E-state index contributed by atoms with van der Waals surface area (Å²) < 4.78 is 249. The topological polar surface area (TPSA) is 35.9 Å². The van der Waals surface area contributed by atoms with Crippen LogP contribution in [-0.2, 0) is 37.3 Å². The van der Waals surface area contributed by atoms with Crippen LogP contribution < -0.4 is 9.30 Å². The summed E-state index contributed by atoms with van der Waals surface area (Å²) in [4.78, 5) is 4.72. The SMILES string of the molecule is [2H]c1c([2H])c([2H])c(-c2cnc(-n3c4[c-]c(Oc5[c-]c(-n6[c-][n+](-c7c(-c8c([2H])c([2H])c([2H])c([2H])c8[2H])cc(C(C)(C)C)cc7-c7c([2H])c(-c8c([2H])c([2H])c([2H])c([2H])c8[2H])c([2H])c(-c8c([2H])c([2H])c([2H])c([2H])c8[2H])c7[2H])c7ccc(-c8cc(C(C)(C)C)cc(C(C)(C)C)c8)cc76)ccc5)ccc4c4ccccc43)cc2C([2H])([2H])[2H])c([2H])c1[2H].[Pt]. The van der Waals surface area contributed by atoms with E-state index in [1.807, 2.05) is 45.0 Å². The van der Waals surface area contributed by atoms with Crippen LogP contribution in [0.5, 0.6) is 11.5 Å². The number of hydrogen-bond donors (Lipinski definition) is 0. The van der Waals surface area contributed by atoms with E-state index in [0.29, 0.717) is 38.4 Å². The second-order valence-corrected chi connectivity index (χ2v) is 25.0. The summed E-state index contributed by atoms with van der Waals surface area (Å²) in [5.41, 5.74) is -1.25. The van der Waals surface area contributed by atoms with Crippen molar-refractivity contribution < 1.29 is 66.0 Å². The normalized spacial score (nSPS) is 16.1. The average Bonchev–Trinajstić information content (AvgIpc) is 1.45. The van der Waals surface area contributed by atoms with Gasteiger partial charge in [-0.3, -0.25) is 4.57 Å². The number of rotatable bonds is 11. The van der Waals surface area contributed by atoms with Crippen molar-refractivity contribution in [1.29, 1.82) is 0 Å². The number of benzene rings is 11. The van der Waals surface area contributed by atoms with Crippen LogP contribution in [0.25, 0.3) is 117 Å². The van der Waals surface area contributed by atoms with Crippen LogP contribution in [0.3, 0.4) is 0 Å². The van der Waals surface area contributed by atoms with Gasteiger partial charge < -0.3 is 13.9 Å². The molecular weight excluding hydrogens is 1290 g/mol. The summed E-state index contributed by atoms with van der Waals surface area (Å²) in [7, 11) is 0. The van der Waals surface area contributed by atoms with Crippen LogP contribution in [-0.4, -0.2) is 14.1 Å². The number of fused-ring (bicyclic) bond motifs is 4. The molecule has 0 aliphatic heterocycles. The molecule has 0 unspecified atom stereocenters. The van der Waals surface area contributed by atoms with Crippen LogP contribution in [0.4, 0.5) is 0 Å². The molecule has 0 bridgehead atoms. The molecule has 91 heavy (non-hydrogen) atoms. The molecule has 14 aromatic rings. The Kier molecular flexibility index (Phi) is 9.69. The standard InChI is InChI=1S/C85H72N4O.Pt/c1-56-42-81(86-54-76(56)60-32-21-14-22-33-60)89-77-37-24-23-36-72(77)73-40-39-71(53-79(73)89)90-70-35-25-34-69(52-70)87-55-88(78-41-38-61(48-80(78)87)64-46-66(83(2,3)4)49-67(47-64)84(5,6)7)82-74(59-30-19-13-20-31-59)50-68(85(8,9)10)51-75(82)65-44-62(57-26-15-11-16-27-57)43-63(45-65)58-28-17-12-18-29-58;/h11-51,54H,1-10H3;/q-2;/i1D3,11D,12D,13D,14D,15D,16D,17D,18D,19D,20D,21D,22D,26D,27D,28D,29D,30D,31D,32D,33D,43D,44D,45D;. The van der Waals surface area contributed by atoms with Crippen molar-refractivity contribution in [3.05, 3.63) is 295 Å². The smallest absolute Gasteiger partial charge is 0.268 e. The zero-order valence-corrected chi connectivity index (χ0v) is 53.3. The van der Waals surface area contributed by atoms with Crippen molar-refractivity contribution in [1.82, 2.24) is 14.1 Å². The van der Waals surface area contributed by atoms with Gasteiger partial charge in [0.25, 0.3) is 6.33 Å². The summed E-state index contributed by atoms with van der Waals surface area (Å²) in [6.45, 7) is 15.2. The molecule has 11 aromatic carbocycles.